The van der Waals surface area contributed by atoms with Crippen LogP contribution >= 0.6 is 23.7 Å². The zero-order valence-electron chi connectivity index (χ0n) is 12.1. The Kier molecular flexibility index (Phi) is 6.89. The number of nitrogens with one attached hydrogen (secondary N) is 1. The van der Waals surface area contributed by atoms with Crippen LogP contribution in [-0.2, 0) is 16.8 Å². The summed E-state index contributed by atoms with van der Waals surface area (Å²) in [5.74, 6) is -0.238. The molecule has 0 radical (unpaired) electrons. The summed E-state index contributed by atoms with van der Waals surface area (Å²) in [5.41, 5.74) is 5.68. The van der Waals surface area contributed by atoms with Crippen LogP contribution in [-0.4, -0.2) is 22.1 Å². The van der Waals surface area contributed by atoms with Crippen molar-refractivity contribution in [2.24, 2.45) is 11.7 Å². The Labute approximate surface area is 124 Å². The largest absolute Gasteiger partial charge is 0.349 e. The number of rotatable bonds is 4. The van der Waals surface area contributed by atoms with Gasteiger partial charge < -0.3 is 11.1 Å². The van der Waals surface area contributed by atoms with E-state index >= 15 is 0 Å². The van der Waals surface area contributed by atoms with Crippen LogP contribution in [0.25, 0.3) is 0 Å². The number of nitrogens with two attached hydrogens (primary N) is 1. The van der Waals surface area contributed by atoms with Gasteiger partial charge in [0.15, 0.2) is 0 Å². The summed E-state index contributed by atoms with van der Waals surface area (Å²) in [6, 6.07) is -0.149. The zero-order chi connectivity index (χ0) is 13.9. The number of amides is 1. The topological polar surface area (TPSA) is 80.9 Å². The van der Waals surface area contributed by atoms with E-state index in [0.29, 0.717) is 6.54 Å². The van der Waals surface area contributed by atoms with Gasteiger partial charge in [0.1, 0.15) is 10.0 Å². The lowest BCUT2D eigenvalue weighted by atomic mass is 9.98. The van der Waals surface area contributed by atoms with Crippen molar-refractivity contribution in [2.45, 2.75) is 52.6 Å². The number of aromatic nitrogens is 2. The van der Waals surface area contributed by atoms with Crippen LogP contribution in [0.3, 0.4) is 0 Å². The van der Waals surface area contributed by atoms with E-state index in [2.05, 4.69) is 36.3 Å². The second kappa shape index (κ2) is 7.17. The highest BCUT2D eigenvalue weighted by Crippen LogP contribution is 2.25. The molecule has 0 aromatic carbocycles. The predicted molar refractivity (Wildman–Crippen MR) is 80.5 cm³/mol. The molecule has 0 bridgehead atoms. The maximum absolute atomic E-state index is 11.7. The van der Waals surface area contributed by atoms with Crippen LogP contribution in [0, 0.1) is 5.92 Å². The van der Waals surface area contributed by atoms with E-state index in [9.17, 15) is 4.79 Å². The number of halogens is 1. The molecule has 0 fully saturated rings. The van der Waals surface area contributed by atoms with Crippen molar-refractivity contribution in [3.8, 4) is 0 Å². The Bertz CT molecular complexity index is 414. The Morgan fingerprint density at radius 1 is 1.37 bits per heavy atom. The Morgan fingerprint density at radius 3 is 2.37 bits per heavy atom. The molecule has 1 rings (SSSR count). The van der Waals surface area contributed by atoms with E-state index in [4.69, 9.17) is 5.73 Å². The third kappa shape index (κ3) is 5.42. The third-order valence-electron chi connectivity index (χ3n) is 2.72. The predicted octanol–water partition coefficient (Wildman–Crippen LogP) is 1.86. The Hall–Kier alpha value is -0.720. The van der Waals surface area contributed by atoms with E-state index in [-0.39, 0.29) is 35.7 Å². The minimum Gasteiger partial charge on any atom is -0.349 e. The second-order valence-corrected chi connectivity index (χ2v) is 6.68. The van der Waals surface area contributed by atoms with E-state index < -0.39 is 0 Å². The van der Waals surface area contributed by atoms with Crippen molar-refractivity contribution in [1.29, 1.82) is 0 Å². The van der Waals surface area contributed by atoms with Crippen LogP contribution in [0.2, 0.25) is 0 Å². The first-order valence-corrected chi connectivity index (χ1v) is 6.89. The molecule has 19 heavy (non-hydrogen) atoms. The summed E-state index contributed by atoms with van der Waals surface area (Å²) >= 11 is 1.53. The number of nitrogens with zero attached hydrogens (tertiary/aromatic N) is 2. The normalized spacial score (nSPS) is 14.4. The minimum absolute atomic E-state index is 0. The maximum atomic E-state index is 11.7. The first-order chi connectivity index (χ1) is 8.21. The smallest absolute Gasteiger partial charge is 0.224 e. The highest BCUT2D eigenvalue weighted by molar-refractivity contribution is 7.11. The third-order valence-corrected chi connectivity index (χ3v) is 4.07. The molecule has 7 heteroatoms. The minimum atomic E-state index is -0.194. The lowest BCUT2D eigenvalue weighted by Crippen LogP contribution is -2.38. The van der Waals surface area contributed by atoms with Crippen molar-refractivity contribution in [2.75, 3.05) is 0 Å². The van der Waals surface area contributed by atoms with E-state index in [0.717, 1.165) is 10.0 Å². The maximum Gasteiger partial charge on any atom is 0.224 e. The highest BCUT2D eigenvalue weighted by Gasteiger charge is 2.20. The van der Waals surface area contributed by atoms with Crippen LogP contribution in [0.5, 0.6) is 0 Å². The van der Waals surface area contributed by atoms with Crippen molar-refractivity contribution in [3.05, 3.63) is 10.0 Å². The first-order valence-electron chi connectivity index (χ1n) is 6.08. The molecule has 0 spiro atoms. The first kappa shape index (κ1) is 18.3. The molecular formula is C12H23ClN4OS. The summed E-state index contributed by atoms with van der Waals surface area (Å²) in [6.07, 6.45) is 0. The molecule has 1 aromatic rings. The number of carbonyl (C=O) groups excluding carboxylic acids is 1. The monoisotopic (exact) mass is 306 g/mol. The molecule has 2 atom stereocenters. The number of hydrogen-bond donors (Lipinski definition) is 2. The summed E-state index contributed by atoms with van der Waals surface area (Å²) in [5, 5.41) is 12.9. The van der Waals surface area contributed by atoms with Crippen molar-refractivity contribution in [1.82, 2.24) is 15.5 Å². The van der Waals surface area contributed by atoms with Crippen LogP contribution in [0.1, 0.15) is 44.6 Å². The SMILES string of the molecule is CC(N)C(C)C(=O)NCc1nnc(C(C)(C)C)s1.Cl. The molecule has 0 aliphatic heterocycles. The van der Waals surface area contributed by atoms with E-state index in [1.165, 1.54) is 11.3 Å². The molecule has 0 aliphatic rings. The molecule has 1 aromatic heterocycles. The van der Waals surface area contributed by atoms with Gasteiger partial charge in [-0.15, -0.1) is 22.6 Å². The molecular weight excluding hydrogens is 284 g/mol. The summed E-state index contributed by atoms with van der Waals surface area (Å²) in [4.78, 5) is 11.7. The van der Waals surface area contributed by atoms with Crippen molar-refractivity contribution < 1.29 is 4.79 Å². The van der Waals surface area contributed by atoms with Gasteiger partial charge >= 0.3 is 0 Å². The van der Waals surface area contributed by atoms with Gasteiger partial charge in [0.2, 0.25) is 5.91 Å². The van der Waals surface area contributed by atoms with Gasteiger partial charge in [-0.3, -0.25) is 4.79 Å². The molecule has 110 valence electrons. The molecule has 3 N–H and O–H groups in total. The fourth-order valence-corrected chi connectivity index (χ4v) is 2.03. The van der Waals surface area contributed by atoms with E-state index in [1.54, 1.807) is 0 Å². The lowest BCUT2D eigenvalue weighted by Gasteiger charge is -2.14. The molecule has 1 heterocycles. The molecule has 0 aliphatic carbocycles. The van der Waals surface area contributed by atoms with Crippen LogP contribution < -0.4 is 11.1 Å². The number of hydrogen-bond acceptors (Lipinski definition) is 5. The number of carbonyl (C=O) groups is 1. The van der Waals surface area contributed by atoms with Gasteiger partial charge in [0.25, 0.3) is 0 Å². The van der Waals surface area contributed by atoms with E-state index in [1.807, 2.05) is 13.8 Å². The van der Waals surface area contributed by atoms with Gasteiger partial charge in [0.05, 0.1) is 6.54 Å². The molecule has 2 unspecified atom stereocenters. The van der Waals surface area contributed by atoms with Crippen molar-refractivity contribution in [3.63, 3.8) is 0 Å². The van der Waals surface area contributed by atoms with Crippen LogP contribution in [0.4, 0.5) is 0 Å². The molecule has 5 nitrogen and oxygen atoms in total. The molecule has 1 amide bonds. The standard InChI is InChI=1S/C12H22N4OS.ClH/c1-7(8(2)13)10(17)14-6-9-15-16-11(18-9)12(3,4)5;/h7-8H,6,13H2,1-5H3,(H,14,17);1H. The Balaban J connectivity index is 0.00000324. The summed E-state index contributed by atoms with van der Waals surface area (Å²) in [6.45, 7) is 10.3. The summed E-state index contributed by atoms with van der Waals surface area (Å²) in [7, 11) is 0. The van der Waals surface area contributed by atoms with Crippen LogP contribution in [0.15, 0.2) is 0 Å². The van der Waals surface area contributed by atoms with Gasteiger partial charge in [-0.25, -0.2) is 0 Å². The van der Waals surface area contributed by atoms with Gasteiger partial charge in [0, 0.05) is 17.4 Å². The van der Waals surface area contributed by atoms with Gasteiger partial charge in [-0.05, 0) is 6.92 Å². The second-order valence-electron chi connectivity index (χ2n) is 5.62. The average Bonchev–Trinajstić information content (AvgIpc) is 2.72. The average molecular weight is 307 g/mol. The highest BCUT2D eigenvalue weighted by atomic mass is 35.5. The quantitative estimate of drug-likeness (QED) is 0.889. The Morgan fingerprint density at radius 2 is 1.95 bits per heavy atom. The van der Waals surface area contributed by atoms with Gasteiger partial charge in [-0.1, -0.05) is 39.0 Å². The zero-order valence-corrected chi connectivity index (χ0v) is 13.7. The van der Waals surface area contributed by atoms with Crippen molar-refractivity contribution >= 4 is 29.7 Å². The fraction of sp³-hybridized carbons (Fsp3) is 0.750. The summed E-state index contributed by atoms with van der Waals surface area (Å²) < 4.78 is 0. The lowest BCUT2D eigenvalue weighted by molar-refractivity contribution is -0.125. The molecule has 0 saturated heterocycles. The molecule has 0 saturated carbocycles. The van der Waals surface area contributed by atoms with Gasteiger partial charge in [-0.2, -0.15) is 0 Å². The fourth-order valence-electron chi connectivity index (χ4n) is 1.19.